The molecule has 1 heterocycles. The third-order valence-corrected chi connectivity index (χ3v) is 7.87. The van der Waals surface area contributed by atoms with E-state index in [9.17, 15) is 9.59 Å². The number of alkyl halides is 2. The molecule has 1 N–H and O–H groups in total. The highest BCUT2D eigenvalue weighted by molar-refractivity contribution is 9.25. The maximum Gasteiger partial charge on any atom is 0.341 e. The third-order valence-electron chi connectivity index (χ3n) is 4.33. The molecule has 2 aromatic rings. The normalized spacial score (nSPS) is 20.8. The second-order valence-corrected chi connectivity index (χ2v) is 11.1. The molecule has 0 radical (unpaired) electrons. The van der Waals surface area contributed by atoms with Crippen molar-refractivity contribution in [2.45, 2.75) is 16.6 Å². The Bertz CT molecular complexity index is 867. The largest absolute Gasteiger partial charge is 0.465 e. The summed E-state index contributed by atoms with van der Waals surface area (Å²) in [5.41, 5.74) is 1.08. The second kappa shape index (κ2) is 6.68. The highest BCUT2D eigenvalue weighted by Crippen LogP contribution is 2.66. The number of ether oxygens (including phenoxy) is 1. The number of esters is 1. The van der Waals surface area contributed by atoms with Crippen molar-refractivity contribution in [1.82, 2.24) is 0 Å². The van der Waals surface area contributed by atoms with E-state index in [1.165, 1.54) is 18.4 Å². The van der Waals surface area contributed by atoms with Crippen molar-refractivity contribution in [3.8, 4) is 11.1 Å². The van der Waals surface area contributed by atoms with Gasteiger partial charge in [-0.2, -0.15) is 0 Å². The molecule has 1 aromatic carbocycles. The molecule has 1 aliphatic carbocycles. The van der Waals surface area contributed by atoms with E-state index in [0.29, 0.717) is 33.1 Å². The molecule has 132 valence electrons. The number of anilines is 1. The van der Waals surface area contributed by atoms with Gasteiger partial charge in [-0.1, -0.05) is 61.7 Å². The standard InChI is InChI=1S/C17H14Br2ClNO3S/c1-16(8-17(16,18)19)15(23)21-13-12(14(22)24-2)10(7-25-13)9-5-3-4-6-11(9)20/h3-7H,8H2,1-2H3,(H,21,23). The SMILES string of the molecule is COC(=O)c1c(-c2ccccc2Cl)csc1NC(=O)C1(C)CC1(Br)Br. The topological polar surface area (TPSA) is 55.4 Å². The maximum atomic E-state index is 12.6. The van der Waals surface area contributed by atoms with Gasteiger partial charge in [0.25, 0.3) is 0 Å². The lowest BCUT2D eigenvalue weighted by atomic mass is 10.0. The van der Waals surface area contributed by atoms with Crippen LogP contribution in [0.15, 0.2) is 29.6 Å². The van der Waals surface area contributed by atoms with Crippen LogP contribution in [0.5, 0.6) is 0 Å². The third kappa shape index (κ3) is 3.27. The summed E-state index contributed by atoms with van der Waals surface area (Å²) in [5.74, 6) is -0.685. The van der Waals surface area contributed by atoms with Crippen LogP contribution in [0.4, 0.5) is 5.00 Å². The summed E-state index contributed by atoms with van der Waals surface area (Å²) in [6.07, 6.45) is 0.655. The first-order valence-corrected chi connectivity index (χ1v) is 10.2. The Morgan fingerprint density at radius 2 is 1.92 bits per heavy atom. The van der Waals surface area contributed by atoms with Gasteiger partial charge in [0, 0.05) is 21.5 Å². The van der Waals surface area contributed by atoms with Crippen molar-refractivity contribution >= 4 is 71.7 Å². The first-order valence-electron chi connectivity index (χ1n) is 7.35. The van der Waals surface area contributed by atoms with E-state index in [0.717, 1.165) is 0 Å². The summed E-state index contributed by atoms with van der Waals surface area (Å²) in [5, 5.41) is 5.65. The molecule has 0 aliphatic heterocycles. The van der Waals surface area contributed by atoms with E-state index in [1.807, 2.05) is 25.1 Å². The molecule has 1 amide bonds. The van der Waals surface area contributed by atoms with Gasteiger partial charge in [0.1, 0.15) is 10.6 Å². The minimum atomic E-state index is -0.588. The smallest absolute Gasteiger partial charge is 0.341 e. The Kier molecular flexibility index (Phi) is 5.05. The highest BCUT2D eigenvalue weighted by atomic mass is 79.9. The van der Waals surface area contributed by atoms with E-state index < -0.39 is 14.6 Å². The molecular formula is C17H14Br2ClNO3S. The number of nitrogens with one attached hydrogen (secondary N) is 1. The Balaban J connectivity index is 2.00. The van der Waals surface area contributed by atoms with Gasteiger partial charge >= 0.3 is 5.97 Å². The molecule has 1 aliphatic rings. The van der Waals surface area contributed by atoms with Crippen molar-refractivity contribution in [1.29, 1.82) is 0 Å². The molecule has 1 fully saturated rings. The number of rotatable bonds is 4. The number of carbonyl (C=O) groups excluding carboxylic acids is 2. The Morgan fingerprint density at radius 3 is 2.48 bits per heavy atom. The van der Waals surface area contributed by atoms with Crippen molar-refractivity contribution < 1.29 is 14.3 Å². The molecule has 0 spiro atoms. The van der Waals surface area contributed by atoms with Gasteiger partial charge in [0.2, 0.25) is 5.91 Å². The monoisotopic (exact) mass is 505 g/mol. The number of hydrogen-bond donors (Lipinski definition) is 1. The lowest BCUT2D eigenvalue weighted by molar-refractivity contribution is -0.120. The average Bonchev–Trinajstić information content (AvgIpc) is 2.91. The molecule has 4 nitrogen and oxygen atoms in total. The molecular weight excluding hydrogens is 494 g/mol. The Hall–Kier alpha value is -0.890. The van der Waals surface area contributed by atoms with Gasteiger partial charge in [-0.3, -0.25) is 4.79 Å². The minimum absolute atomic E-state index is 0.168. The number of carbonyl (C=O) groups is 2. The summed E-state index contributed by atoms with van der Waals surface area (Å²) < 4.78 is 4.50. The van der Waals surface area contributed by atoms with Crippen molar-refractivity contribution in [3.63, 3.8) is 0 Å². The minimum Gasteiger partial charge on any atom is -0.465 e. The first-order chi connectivity index (χ1) is 11.7. The van der Waals surface area contributed by atoms with Crippen LogP contribution < -0.4 is 5.32 Å². The lowest BCUT2D eigenvalue weighted by Gasteiger charge is -2.13. The molecule has 1 aromatic heterocycles. The molecule has 0 bridgehead atoms. The number of hydrogen-bond acceptors (Lipinski definition) is 4. The average molecular weight is 508 g/mol. The first kappa shape index (κ1) is 18.9. The predicted octanol–water partition coefficient (Wildman–Crippen LogP) is 5.69. The van der Waals surface area contributed by atoms with Gasteiger partial charge in [0.05, 0.1) is 15.8 Å². The lowest BCUT2D eigenvalue weighted by Crippen LogP contribution is -2.26. The maximum absolute atomic E-state index is 12.6. The van der Waals surface area contributed by atoms with Crippen molar-refractivity contribution in [2.24, 2.45) is 5.41 Å². The molecule has 1 unspecified atom stereocenters. The highest BCUT2D eigenvalue weighted by Gasteiger charge is 2.66. The van der Waals surface area contributed by atoms with Gasteiger partial charge in [-0.25, -0.2) is 4.79 Å². The Labute approximate surface area is 171 Å². The molecule has 3 rings (SSSR count). The second-order valence-electron chi connectivity index (χ2n) is 5.99. The Morgan fingerprint density at radius 1 is 1.28 bits per heavy atom. The van der Waals surface area contributed by atoms with E-state index >= 15 is 0 Å². The number of benzene rings is 1. The fraction of sp³-hybridized carbons (Fsp3) is 0.294. The predicted molar refractivity (Wildman–Crippen MR) is 108 cm³/mol. The quantitative estimate of drug-likeness (QED) is 0.427. The number of amides is 1. The molecule has 1 saturated carbocycles. The zero-order valence-corrected chi connectivity index (χ0v) is 18.1. The van der Waals surface area contributed by atoms with Crippen molar-refractivity contribution in [3.05, 3.63) is 40.2 Å². The summed E-state index contributed by atoms with van der Waals surface area (Å²) in [6, 6.07) is 7.24. The zero-order valence-electron chi connectivity index (χ0n) is 13.4. The fourth-order valence-corrected chi connectivity index (χ4v) is 5.18. The van der Waals surface area contributed by atoms with Crippen molar-refractivity contribution in [2.75, 3.05) is 12.4 Å². The number of halogens is 3. The van der Waals surface area contributed by atoms with Crippen LogP contribution in [0.3, 0.4) is 0 Å². The van der Waals surface area contributed by atoms with Crippen LogP contribution in [0, 0.1) is 5.41 Å². The van der Waals surface area contributed by atoms with E-state index in [1.54, 1.807) is 11.4 Å². The van der Waals surface area contributed by atoms with Crippen LogP contribution in [0.1, 0.15) is 23.7 Å². The molecule has 8 heteroatoms. The number of methoxy groups -OCH3 is 1. The van der Waals surface area contributed by atoms with Crippen LogP contribution in [0.2, 0.25) is 5.02 Å². The van der Waals surface area contributed by atoms with Crippen LogP contribution in [0.25, 0.3) is 11.1 Å². The van der Waals surface area contributed by atoms with Crippen LogP contribution in [-0.2, 0) is 9.53 Å². The van der Waals surface area contributed by atoms with E-state index in [-0.39, 0.29) is 5.91 Å². The van der Waals surface area contributed by atoms with Gasteiger partial charge < -0.3 is 10.1 Å². The molecule has 25 heavy (non-hydrogen) atoms. The van der Waals surface area contributed by atoms with E-state index in [2.05, 4.69) is 37.2 Å². The number of thiophene rings is 1. The summed E-state index contributed by atoms with van der Waals surface area (Å²) in [4.78, 5) is 25.0. The zero-order chi connectivity index (χ0) is 18.4. The molecule has 1 atom stereocenters. The summed E-state index contributed by atoms with van der Waals surface area (Å²) in [6.45, 7) is 1.85. The van der Waals surface area contributed by atoms with E-state index in [4.69, 9.17) is 16.3 Å². The summed E-state index contributed by atoms with van der Waals surface area (Å²) >= 11 is 14.5. The van der Waals surface area contributed by atoms with Gasteiger partial charge in [0.15, 0.2) is 0 Å². The van der Waals surface area contributed by atoms with Gasteiger partial charge in [-0.05, 0) is 19.4 Å². The fourth-order valence-electron chi connectivity index (χ4n) is 2.52. The summed E-state index contributed by atoms with van der Waals surface area (Å²) in [7, 11) is 1.31. The van der Waals surface area contributed by atoms with Crippen LogP contribution >= 0.6 is 54.8 Å². The van der Waals surface area contributed by atoms with Gasteiger partial charge in [-0.15, -0.1) is 11.3 Å². The molecule has 0 saturated heterocycles. The van der Waals surface area contributed by atoms with Crippen LogP contribution in [-0.4, -0.2) is 22.2 Å².